The van der Waals surface area contributed by atoms with Crippen molar-refractivity contribution in [1.29, 1.82) is 0 Å². The zero-order chi connectivity index (χ0) is 18.5. The molecule has 2 aromatic carbocycles. The van der Waals surface area contributed by atoms with E-state index in [4.69, 9.17) is 5.14 Å². The first kappa shape index (κ1) is 19.6. The van der Waals surface area contributed by atoms with Crippen molar-refractivity contribution in [3.05, 3.63) is 59.7 Å². The first-order valence-corrected chi connectivity index (χ1v) is 11.0. The molecule has 8 heteroatoms. The summed E-state index contributed by atoms with van der Waals surface area (Å²) in [7, 11) is -7.28. The molecule has 25 heavy (non-hydrogen) atoms. The van der Waals surface area contributed by atoms with Gasteiger partial charge in [0.15, 0.2) is 0 Å². The highest BCUT2D eigenvalue weighted by Crippen LogP contribution is 2.12. The van der Waals surface area contributed by atoms with E-state index in [1.54, 1.807) is 24.3 Å². The van der Waals surface area contributed by atoms with Crippen LogP contribution in [0.1, 0.15) is 24.5 Å². The molecular formula is C17H22N2O4S2. The van der Waals surface area contributed by atoms with Gasteiger partial charge in [-0.1, -0.05) is 37.6 Å². The Hall–Kier alpha value is -1.74. The van der Waals surface area contributed by atoms with Crippen molar-refractivity contribution in [1.82, 2.24) is 4.72 Å². The topological polar surface area (TPSA) is 106 Å². The molecule has 0 saturated heterocycles. The van der Waals surface area contributed by atoms with Crippen LogP contribution in [0.25, 0.3) is 0 Å². The molecule has 0 saturated carbocycles. The predicted octanol–water partition coefficient (Wildman–Crippen LogP) is 1.81. The van der Waals surface area contributed by atoms with E-state index in [2.05, 4.69) is 11.6 Å². The fourth-order valence-electron chi connectivity index (χ4n) is 2.38. The third kappa shape index (κ3) is 5.64. The summed E-state index contributed by atoms with van der Waals surface area (Å²) in [5.41, 5.74) is 1.92. The summed E-state index contributed by atoms with van der Waals surface area (Å²) in [5.74, 6) is 0. The summed E-state index contributed by atoms with van der Waals surface area (Å²) in [6, 6.07) is 12.9. The SMILES string of the molecule is CCCc1ccc(S(=O)(=O)NCCc2ccc(S(N)(=O)=O)cc2)cc1. The third-order valence-electron chi connectivity index (χ3n) is 3.73. The van der Waals surface area contributed by atoms with Crippen LogP contribution < -0.4 is 9.86 Å². The quantitative estimate of drug-likeness (QED) is 0.726. The van der Waals surface area contributed by atoms with Gasteiger partial charge in [0, 0.05) is 6.54 Å². The lowest BCUT2D eigenvalue weighted by Gasteiger charge is -2.08. The maximum absolute atomic E-state index is 12.3. The summed E-state index contributed by atoms with van der Waals surface area (Å²) >= 11 is 0. The second kappa shape index (κ2) is 8.09. The number of nitrogens with two attached hydrogens (primary N) is 1. The molecule has 0 atom stereocenters. The van der Waals surface area contributed by atoms with Crippen LogP contribution in [-0.4, -0.2) is 23.4 Å². The van der Waals surface area contributed by atoms with Gasteiger partial charge in [0.1, 0.15) is 0 Å². The Labute approximate surface area is 149 Å². The lowest BCUT2D eigenvalue weighted by atomic mass is 10.1. The molecule has 0 unspecified atom stereocenters. The van der Waals surface area contributed by atoms with Crippen LogP contribution in [0.15, 0.2) is 58.3 Å². The Morgan fingerprint density at radius 2 is 1.28 bits per heavy atom. The van der Waals surface area contributed by atoms with Gasteiger partial charge in [-0.3, -0.25) is 0 Å². The molecule has 0 fully saturated rings. The van der Waals surface area contributed by atoms with E-state index in [1.165, 1.54) is 12.1 Å². The van der Waals surface area contributed by atoms with Crippen LogP contribution >= 0.6 is 0 Å². The first-order chi connectivity index (χ1) is 11.7. The van der Waals surface area contributed by atoms with Crippen LogP contribution in [0.2, 0.25) is 0 Å². The lowest BCUT2D eigenvalue weighted by Crippen LogP contribution is -2.26. The molecule has 0 aliphatic rings. The van der Waals surface area contributed by atoms with Crippen molar-refractivity contribution < 1.29 is 16.8 Å². The lowest BCUT2D eigenvalue weighted by molar-refractivity contribution is 0.581. The zero-order valence-electron chi connectivity index (χ0n) is 14.0. The fourth-order valence-corrected chi connectivity index (χ4v) is 3.93. The number of aryl methyl sites for hydroxylation is 1. The summed E-state index contributed by atoms with van der Waals surface area (Å²) < 4.78 is 49.5. The average molecular weight is 383 g/mol. The molecule has 136 valence electrons. The first-order valence-electron chi connectivity index (χ1n) is 7.93. The minimum atomic E-state index is -3.72. The number of hydrogen-bond acceptors (Lipinski definition) is 4. The van der Waals surface area contributed by atoms with Gasteiger partial charge in [0.2, 0.25) is 20.0 Å². The van der Waals surface area contributed by atoms with Crippen molar-refractivity contribution in [3.8, 4) is 0 Å². The maximum Gasteiger partial charge on any atom is 0.240 e. The van der Waals surface area contributed by atoms with E-state index < -0.39 is 20.0 Å². The minimum Gasteiger partial charge on any atom is -0.225 e. The van der Waals surface area contributed by atoms with Crippen molar-refractivity contribution in [2.45, 2.75) is 36.0 Å². The normalized spacial score (nSPS) is 12.2. The van der Waals surface area contributed by atoms with Gasteiger partial charge < -0.3 is 0 Å². The van der Waals surface area contributed by atoms with Gasteiger partial charge in [-0.2, -0.15) is 0 Å². The molecule has 0 radical (unpaired) electrons. The highest BCUT2D eigenvalue weighted by Gasteiger charge is 2.13. The molecule has 0 aliphatic heterocycles. The van der Waals surface area contributed by atoms with Crippen LogP contribution in [0.5, 0.6) is 0 Å². The Bertz CT molecular complexity index is 904. The van der Waals surface area contributed by atoms with Crippen molar-refractivity contribution in [2.75, 3.05) is 6.54 Å². The second-order valence-corrected chi connectivity index (χ2v) is 9.06. The van der Waals surface area contributed by atoms with E-state index in [-0.39, 0.29) is 16.3 Å². The van der Waals surface area contributed by atoms with Crippen LogP contribution in [-0.2, 0) is 32.9 Å². The van der Waals surface area contributed by atoms with Gasteiger partial charge >= 0.3 is 0 Å². The summed E-state index contributed by atoms with van der Waals surface area (Å²) in [6.07, 6.45) is 2.37. The smallest absolute Gasteiger partial charge is 0.225 e. The van der Waals surface area contributed by atoms with Gasteiger partial charge in [-0.25, -0.2) is 26.7 Å². The molecule has 0 heterocycles. The molecule has 0 amide bonds. The number of nitrogens with one attached hydrogen (secondary N) is 1. The number of sulfonamides is 2. The Balaban J connectivity index is 1.95. The standard InChI is InChI=1S/C17H22N2O4S2/c1-2-3-14-6-10-17(11-7-14)25(22,23)19-13-12-15-4-8-16(9-5-15)24(18,20)21/h4-11,19H,2-3,12-13H2,1H3,(H2,18,20,21). The monoisotopic (exact) mass is 382 g/mol. The molecule has 0 spiro atoms. The molecule has 2 aromatic rings. The Morgan fingerprint density at radius 3 is 1.76 bits per heavy atom. The molecule has 0 bridgehead atoms. The molecule has 0 aliphatic carbocycles. The summed E-state index contributed by atoms with van der Waals surface area (Å²) in [4.78, 5) is 0.265. The van der Waals surface area contributed by atoms with E-state index >= 15 is 0 Å². The molecule has 6 nitrogen and oxygen atoms in total. The van der Waals surface area contributed by atoms with E-state index in [9.17, 15) is 16.8 Å². The number of rotatable bonds is 8. The highest BCUT2D eigenvalue weighted by atomic mass is 32.2. The number of primary sulfonamides is 1. The largest absolute Gasteiger partial charge is 0.240 e. The number of benzene rings is 2. The van der Waals surface area contributed by atoms with Crippen LogP contribution in [0.4, 0.5) is 0 Å². The van der Waals surface area contributed by atoms with Crippen molar-refractivity contribution in [2.24, 2.45) is 5.14 Å². The number of hydrogen-bond donors (Lipinski definition) is 2. The van der Waals surface area contributed by atoms with Gasteiger partial charge in [0.05, 0.1) is 9.79 Å². The molecule has 0 aromatic heterocycles. The van der Waals surface area contributed by atoms with Gasteiger partial charge in [-0.15, -0.1) is 0 Å². The highest BCUT2D eigenvalue weighted by molar-refractivity contribution is 7.89. The van der Waals surface area contributed by atoms with Gasteiger partial charge in [-0.05, 0) is 48.2 Å². The maximum atomic E-state index is 12.3. The van der Waals surface area contributed by atoms with E-state index in [0.717, 1.165) is 24.0 Å². The van der Waals surface area contributed by atoms with E-state index in [1.807, 2.05) is 12.1 Å². The molecule has 2 rings (SSSR count). The van der Waals surface area contributed by atoms with Crippen molar-refractivity contribution in [3.63, 3.8) is 0 Å². The van der Waals surface area contributed by atoms with Crippen LogP contribution in [0, 0.1) is 0 Å². The summed E-state index contributed by atoms with van der Waals surface area (Å²) in [5, 5.41) is 5.04. The third-order valence-corrected chi connectivity index (χ3v) is 6.14. The Morgan fingerprint density at radius 1 is 0.800 bits per heavy atom. The molecule has 3 N–H and O–H groups in total. The summed E-state index contributed by atoms with van der Waals surface area (Å²) in [6.45, 7) is 2.29. The fraction of sp³-hybridized carbons (Fsp3) is 0.294. The predicted molar refractivity (Wildman–Crippen MR) is 97.1 cm³/mol. The minimum absolute atomic E-state index is 0.0315. The van der Waals surface area contributed by atoms with Gasteiger partial charge in [0.25, 0.3) is 0 Å². The zero-order valence-corrected chi connectivity index (χ0v) is 15.6. The average Bonchev–Trinajstić information content (AvgIpc) is 2.55. The van der Waals surface area contributed by atoms with Crippen molar-refractivity contribution >= 4 is 20.0 Å². The Kier molecular flexibility index (Phi) is 6.34. The van der Waals surface area contributed by atoms with Crippen LogP contribution in [0.3, 0.4) is 0 Å². The second-order valence-electron chi connectivity index (χ2n) is 5.73. The molecular weight excluding hydrogens is 360 g/mol. The van der Waals surface area contributed by atoms with E-state index in [0.29, 0.717) is 6.42 Å².